The fraction of sp³-hybridized carbons (Fsp3) is 0.244. The molecule has 1 heterocycles. The Bertz CT molecular complexity index is 2130. The van der Waals surface area contributed by atoms with E-state index >= 15 is 0 Å². The lowest BCUT2D eigenvalue weighted by molar-refractivity contribution is 0.0975. The van der Waals surface area contributed by atoms with Gasteiger partial charge in [-0.25, -0.2) is 13.3 Å². The summed E-state index contributed by atoms with van der Waals surface area (Å²) in [6, 6.07) is 30.1. The fourth-order valence-electron chi connectivity index (χ4n) is 5.83. The van der Waals surface area contributed by atoms with Gasteiger partial charge in [-0.1, -0.05) is 48.5 Å². The van der Waals surface area contributed by atoms with Gasteiger partial charge in [-0.3, -0.25) is 14.5 Å². The van der Waals surface area contributed by atoms with Crippen LogP contribution in [-0.4, -0.2) is 32.0 Å². The zero-order valence-electron chi connectivity index (χ0n) is 28.7. The molecule has 1 N–H and O–H groups in total. The number of hydrogen-bond acceptors (Lipinski definition) is 7. The van der Waals surface area contributed by atoms with E-state index in [1.165, 1.54) is 0 Å². The number of rotatable bonds is 16. The van der Waals surface area contributed by atoms with Crippen molar-refractivity contribution in [1.29, 1.82) is 0 Å². The van der Waals surface area contributed by atoms with Crippen LogP contribution in [0.15, 0.2) is 109 Å². The van der Waals surface area contributed by atoms with Crippen LogP contribution in [0.2, 0.25) is 0 Å². The molecule has 1 aliphatic carbocycles. The van der Waals surface area contributed by atoms with E-state index in [1.54, 1.807) is 36.5 Å². The third-order valence-corrected chi connectivity index (χ3v) is 9.26. The van der Waals surface area contributed by atoms with E-state index in [2.05, 4.69) is 19.5 Å². The van der Waals surface area contributed by atoms with E-state index < -0.39 is 10.0 Å². The van der Waals surface area contributed by atoms with Gasteiger partial charge in [-0.15, -0.1) is 0 Å². The standard InChI is InChI=1S/C41H40N4O5S/c1-29-39(44-51(3,47)48)7-4-8-40(29)45(27-32-11-15-35(42-2)16-12-32)28-33-13-17-36(18-14-33)50-38-24-34(41(46)22-30-9-10-30)23-37(25-38)49-21-19-31-6-5-20-43-26-31/h4-8,11-18,20,23-26,30,44H,9-10,19,21-22,27-28H2,1,3H3. The number of ether oxygens (including phenoxy) is 2. The van der Waals surface area contributed by atoms with Crippen LogP contribution in [0.1, 0.15) is 51.9 Å². The molecule has 10 heteroatoms. The van der Waals surface area contributed by atoms with Crippen molar-refractivity contribution >= 4 is 32.9 Å². The van der Waals surface area contributed by atoms with Gasteiger partial charge in [0.15, 0.2) is 11.5 Å². The highest BCUT2D eigenvalue weighted by atomic mass is 32.2. The summed E-state index contributed by atoms with van der Waals surface area (Å²) in [6.07, 6.45) is 8.10. The first-order chi connectivity index (χ1) is 24.6. The molecule has 1 aliphatic rings. The second-order valence-electron chi connectivity index (χ2n) is 12.9. The molecule has 0 saturated heterocycles. The summed E-state index contributed by atoms with van der Waals surface area (Å²) in [7, 11) is -3.47. The van der Waals surface area contributed by atoms with Crippen LogP contribution in [0.3, 0.4) is 0 Å². The minimum atomic E-state index is -3.47. The molecule has 260 valence electrons. The van der Waals surface area contributed by atoms with Crippen molar-refractivity contribution in [2.75, 3.05) is 22.5 Å². The number of pyridine rings is 1. The maximum absolute atomic E-state index is 13.1. The lowest BCUT2D eigenvalue weighted by atomic mass is 10.1. The van der Waals surface area contributed by atoms with Gasteiger partial charge in [0.1, 0.15) is 17.2 Å². The van der Waals surface area contributed by atoms with Crippen molar-refractivity contribution in [3.63, 3.8) is 0 Å². The molecule has 1 fully saturated rings. The molecule has 0 unspecified atom stereocenters. The van der Waals surface area contributed by atoms with E-state index in [9.17, 15) is 13.2 Å². The number of sulfonamides is 1. The third-order valence-electron chi connectivity index (χ3n) is 8.67. The second-order valence-corrected chi connectivity index (χ2v) is 14.7. The Hall–Kier alpha value is -5.66. The van der Waals surface area contributed by atoms with E-state index in [0.717, 1.165) is 47.0 Å². The predicted molar refractivity (Wildman–Crippen MR) is 200 cm³/mol. The van der Waals surface area contributed by atoms with Gasteiger partial charge in [0.25, 0.3) is 0 Å². The van der Waals surface area contributed by atoms with Gasteiger partial charge in [-0.2, -0.15) is 0 Å². The summed E-state index contributed by atoms with van der Waals surface area (Å²) in [5.41, 5.74) is 6.43. The molecule has 0 bridgehead atoms. The van der Waals surface area contributed by atoms with Crippen molar-refractivity contribution in [3.8, 4) is 17.2 Å². The Morgan fingerprint density at radius 2 is 1.61 bits per heavy atom. The van der Waals surface area contributed by atoms with E-state index in [-0.39, 0.29) is 5.78 Å². The summed E-state index contributed by atoms with van der Waals surface area (Å²) in [5, 5.41) is 0. The normalized spacial score (nSPS) is 12.5. The number of benzene rings is 4. The zero-order valence-corrected chi connectivity index (χ0v) is 29.5. The molecule has 0 radical (unpaired) electrons. The smallest absolute Gasteiger partial charge is 0.229 e. The Morgan fingerprint density at radius 3 is 2.25 bits per heavy atom. The van der Waals surface area contributed by atoms with Crippen molar-refractivity contribution in [2.45, 2.75) is 45.7 Å². The van der Waals surface area contributed by atoms with Crippen LogP contribution >= 0.6 is 0 Å². The molecule has 9 nitrogen and oxygen atoms in total. The lowest BCUT2D eigenvalue weighted by Gasteiger charge is -2.28. The largest absolute Gasteiger partial charge is 0.493 e. The molecular weight excluding hydrogens is 661 g/mol. The molecular formula is C41H40N4O5S. The van der Waals surface area contributed by atoms with Gasteiger partial charge in [0.2, 0.25) is 10.0 Å². The topological polar surface area (TPSA) is 102 Å². The minimum Gasteiger partial charge on any atom is -0.493 e. The number of aromatic nitrogens is 1. The highest BCUT2D eigenvalue weighted by molar-refractivity contribution is 7.92. The molecule has 0 spiro atoms. The molecule has 5 aromatic rings. The highest BCUT2D eigenvalue weighted by Gasteiger charge is 2.25. The molecule has 1 aromatic heterocycles. The number of Topliss-reactive ketones (excluding diaryl/α,β-unsaturated/α-hetero) is 1. The van der Waals surface area contributed by atoms with Crippen LogP contribution in [0, 0.1) is 19.4 Å². The number of nitrogens with zero attached hydrogens (tertiary/aromatic N) is 3. The number of carbonyl (C=O) groups is 1. The van der Waals surface area contributed by atoms with Crippen LogP contribution in [0.4, 0.5) is 17.1 Å². The minimum absolute atomic E-state index is 0.0883. The molecule has 6 rings (SSSR count). The van der Waals surface area contributed by atoms with Crippen LogP contribution in [0.5, 0.6) is 17.2 Å². The van der Waals surface area contributed by atoms with Crippen LogP contribution < -0.4 is 19.1 Å². The maximum Gasteiger partial charge on any atom is 0.229 e. The number of hydrogen-bond donors (Lipinski definition) is 1. The lowest BCUT2D eigenvalue weighted by Crippen LogP contribution is -2.23. The average Bonchev–Trinajstić information content (AvgIpc) is 3.94. The van der Waals surface area contributed by atoms with Crippen molar-refractivity contribution in [3.05, 3.63) is 149 Å². The second kappa shape index (κ2) is 15.9. The zero-order chi connectivity index (χ0) is 35.8. The number of ketones is 1. The van der Waals surface area contributed by atoms with Gasteiger partial charge in [0.05, 0.1) is 25.1 Å². The Labute approximate surface area is 299 Å². The van der Waals surface area contributed by atoms with Gasteiger partial charge in [0, 0.05) is 55.6 Å². The predicted octanol–water partition coefficient (Wildman–Crippen LogP) is 8.92. The Morgan fingerprint density at radius 1 is 0.902 bits per heavy atom. The highest BCUT2D eigenvalue weighted by Crippen LogP contribution is 2.36. The molecule has 0 aliphatic heterocycles. The third kappa shape index (κ3) is 10.2. The average molecular weight is 701 g/mol. The van der Waals surface area contributed by atoms with E-state index in [0.29, 0.717) is 72.6 Å². The maximum atomic E-state index is 13.1. The summed E-state index contributed by atoms with van der Waals surface area (Å²) in [5.74, 6) is 2.27. The first-order valence-electron chi connectivity index (χ1n) is 16.9. The fourth-order valence-corrected chi connectivity index (χ4v) is 6.45. The summed E-state index contributed by atoms with van der Waals surface area (Å²) in [4.78, 5) is 23.0. The van der Waals surface area contributed by atoms with Crippen LogP contribution in [0.25, 0.3) is 4.85 Å². The Kier molecular flexibility index (Phi) is 11.0. The van der Waals surface area contributed by atoms with Crippen molar-refractivity contribution in [2.24, 2.45) is 5.92 Å². The van der Waals surface area contributed by atoms with E-state index in [1.807, 2.05) is 79.9 Å². The summed E-state index contributed by atoms with van der Waals surface area (Å²) < 4.78 is 39.1. The molecule has 1 saturated carbocycles. The summed E-state index contributed by atoms with van der Waals surface area (Å²) in [6.45, 7) is 10.7. The van der Waals surface area contributed by atoms with Gasteiger partial charge in [-0.05, 0) is 90.4 Å². The molecule has 0 amide bonds. The first kappa shape index (κ1) is 35.2. The van der Waals surface area contributed by atoms with Gasteiger partial charge >= 0.3 is 0 Å². The molecule has 51 heavy (non-hydrogen) atoms. The number of nitrogens with one attached hydrogen (secondary N) is 1. The monoisotopic (exact) mass is 700 g/mol. The van der Waals surface area contributed by atoms with E-state index in [4.69, 9.17) is 16.0 Å². The van der Waals surface area contributed by atoms with Crippen molar-refractivity contribution in [1.82, 2.24) is 4.98 Å². The van der Waals surface area contributed by atoms with Gasteiger partial charge < -0.3 is 14.4 Å². The Balaban J connectivity index is 1.21. The summed E-state index contributed by atoms with van der Waals surface area (Å²) >= 11 is 0. The SMILES string of the molecule is [C-]#[N+]c1ccc(CN(Cc2ccc(Oc3cc(OCCc4cccnc4)cc(C(=O)CC4CC4)c3)cc2)c2cccc(NS(C)(=O)=O)c2C)cc1. The quantitative estimate of drug-likeness (QED) is 0.0810. The van der Waals surface area contributed by atoms with Crippen molar-refractivity contribution < 1.29 is 22.7 Å². The van der Waals surface area contributed by atoms with Crippen LogP contribution in [-0.2, 0) is 29.5 Å². The number of anilines is 2. The molecule has 4 aromatic carbocycles. The molecule has 0 atom stereocenters. The first-order valence-corrected chi connectivity index (χ1v) is 18.8. The number of carbonyl (C=O) groups excluding carboxylic acids is 1.